The summed E-state index contributed by atoms with van der Waals surface area (Å²) in [6.45, 7) is 5.31. The SMILES string of the molecule is CCCNc1cc(C)nc(CSCCCO)n1. The van der Waals surface area contributed by atoms with Gasteiger partial charge in [0, 0.05) is 24.9 Å². The first-order chi connectivity index (χ1) is 8.26. The van der Waals surface area contributed by atoms with Gasteiger partial charge in [0.25, 0.3) is 0 Å². The highest BCUT2D eigenvalue weighted by molar-refractivity contribution is 7.98. The predicted octanol–water partition coefficient (Wildman–Crippen LogP) is 2.22. The molecule has 0 atom stereocenters. The van der Waals surface area contributed by atoms with Crippen LogP contribution in [0.15, 0.2) is 6.07 Å². The quantitative estimate of drug-likeness (QED) is 0.698. The van der Waals surface area contributed by atoms with Crippen LogP contribution in [0.5, 0.6) is 0 Å². The first kappa shape index (κ1) is 14.3. The van der Waals surface area contributed by atoms with Crippen LogP contribution in [-0.2, 0) is 5.75 Å². The molecule has 1 aromatic rings. The molecule has 0 spiro atoms. The highest BCUT2D eigenvalue weighted by Gasteiger charge is 2.02. The van der Waals surface area contributed by atoms with Crippen LogP contribution in [0.2, 0.25) is 0 Å². The van der Waals surface area contributed by atoms with Crippen molar-refractivity contribution in [1.82, 2.24) is 9.97 Å². The lowest BCUT2D eigenvalue weighted by molar-refractivity contribution is 0.296. The highest BCUT2D eigenvalue weighted by Crippen LogP contribution is 2.13. The standard InChI is InChI=1S/C12H21N3OS/c1-3-5-13-11-8-10(2)14-12(15-11)9-17-7-4-6-16/h8,16H,3-7,9H2,1-2H3,(H,13,14,15). The molecule has 0 amide bonds. The number of aryl methyl sites for hydroxylation is 1. The van der Waals surface area contributed by atoms with Gasteiger partial charge in [-0.05, 0) is 25.5 Å². The molecule has 5 heteroatoms. The molecule has 1 rings (SSSR count). The van der Waals surface area contributed by atoms with E-state index in [-0.39, 0.29) is 6.61 Å². The number of aliphatic hydroxyl groups is 1. The van der Waals surface area contributed by atoms with Crippen LogP contribution < -0.4 is 5.32 Å². The van der Waals surface area contributed by atoms with Crippen LogP contribution in [0.25, 0.3) is 0 Å². The summed E-state index contributed by atoms with van der Waals surface area (Å²) in [7, 11) is 0. The van der Waals surface area contributed by atoms with Gasteiger partial charge in [-0.2, -0.15) is 11.8 Å². The molecule has 4 nitrogen and oxygen atoms in total. The molecule has 0 saturated heterocycles. The zero-order valence-corrected chi connectivity index (χ0v) is 11.4. The van der Waals surface area contributed by atoms with Crippen molar-refractivity contribution in [1.29, 1.82) is 0 Å². The van der Waals surface area contributed by atoms with E-state index in [1.165, 1.54) is 0 Å². The number of hydrogen-bond acceptors (Lipinski definition) is 5. The van der Waals surface area contributed by atoms with Crippen LogP contribution >= 0.6 is 11.8 Å². The second-order valence-corrected chi connectivity index (χ2v) is 4.97. The van der Waals surface area contributed by atoms with Gasteiger partial charge in [-0.25, -0.2) is 9.97 Å². The number of aromatic nitrogens is 2. The Kier molecular flexibility index (Phi) is 6.96. The molecule has 0 bridgehead atoms. The summed E-state index contributed by atoms with van der Waals surface area (Å²) in [6.07, 6.45) is 1.92. The fraction of sp³-hybridized carbons (Fsp3) is 0.667. The van der Waals surface area contributed by atoms with Gasteiger partial charge in [0.05, 0.1) is 5.75 Å². The summed E-state index contributed by atoms with van der Waals surface area (Å²) < 4.78 is 0. The minimum absolute atomic E-state index is 0.255. The lowest BCUT2D eigenvalue weighted by atomic mass is 10.4. The van der Waals surface area contributed by atoms with Crippen molar-refractivity contribution in [2.45, 2.75) is 32.4 Å². The third kappa shape index (κ3) is 5.89. The summed E-state index contributed by atoms with van der Waals surface area (Å²) in [5, 5.41) is 12.0. The minimum atomic E-state index is 0.255. The van der Waals surface area contributed by atoms with Gasteiger partial charge >= 0.3 is 0 Å². The maximum absolute atomic E-state index is 8.69. The Labute approximate surface area is 107 Å². The van der Waals surface area contributed by atoms with Crippen molar-refractivity contribution >= 4 is 17.6 Å². The van der Waals surface area contributed by atoms with Gasteiger partial charge in [-0.3, -0.25) is 0 Å². The molecule has 0 aliphatic carbocycles. The monoisotopic (exact) mass is 255 g/mol. The third-order valence-electron chi connectivity index (χ3n) is 2.13. The van der Waals surface area contributed by atoms with E-state index in [0.717, 1.165) is 48.2 Å². The van der Waals surface area contributed by atoms with Crippen molar-refractivity contribution < 1.29 is 5.11 Å². The third-order valence-corrected chi connectivity index (χ3v) is 3.17. The smallest absolute Gasteiger partial charge is 0.140 e. The summed E-state index contributed by atoms with van der Waals surface area (Å²) in [4.78, 5) is 8.87. The number of nitrogens with zero attached hydrogens (tertiary/aromatic N) is 2. The Balaban J connectivity index is 2.50. The van der Waals surface area contributed by atoms with Gasteiger partial charge in [0.1, 0.15) is 11.6 Å². The van der Waals surface area contributed by atoms with E-state index in [9.17, 15) is 0 Å². The zero-order chi connectivity index (χ0) is 12.5. The Morgan fingerprint density at radius 1 is 1.41 bits per heavy atom. The summed E-state index contributed by atoms with van der Waals surface area (Å²) in [5.41, 5.74) is 0.997. The molecule has 1 aromatic heterocycles. The number of rotatable bonds is 8. The maximum Gasteiger partial charge on any atom is 0.140 e. The molecule has 0 unspecified atom stereocenters. The van der Waals surface area contributed by atoms with Crippen LogP contribution in [0, 0.1) is 6.92 Å². The molecule has 0 aromatic carbocycles. The van der Waals surface area contributed by atoms with Crippen LogP contribution in [0.1, 0.15) is 31.3 Å². The lowest BCUT2D eigenvalue weighted by Crippen LogP contribution is -2.05. The molecule has 0 aliphatic heterocycles. The van der Waals surface area contributed by atoms with Gasteiger partial charge in [-0.15, -0.1) is 0 Å². The molecule has 1 heterocycles. The molecule has 0 radical (unpaired) electrons. The van der Waals surface area contributed by atoms with Crippen LogP contribution in [0.4, 0.5) is 5.82 Å². The fourth-order valence-electron chi connectivity index (χ4n) is 1.37. The van der Waals surface area contributed by atoms with E-state index in [1.54, 1.807) is 11.8 Å². The van der Waals surface area contributed by atoms with Gasteiger partial charge in [-0.1, -0.05) is 6.92 Å². The molecular weight excluding hydrogens is 234 g/mol. The lowest BCUT2D eigenvalue weighted by Gasteiger charge is -2.07. The predicted molar refractivity (Wildman–Crippen MR) is 73.4 cm³/mol. The van der Waals surface area contributed by atoms with Crippen molar-refractivity contribution in [3.05, 3.63) is 17.6 Å². The number of anilines is 1. The molecule has 2 N–H and O–H groups in total. The van der Waals surface area contributed by atoms with Crippen molar-refractivity contribution in [2.75, 3.05) is 24.2 Å². The molecule has 0 aliphatic rings. The normalized spacial score (nSPS) is 10.5. The average Bonchev–Trinajstić information content (AvgIpc) is 2.31. The van der Waals surface area contributed by atoms with E-state index in [1.807, 2.05) is 13.0 Å². The van der Waals surface area contributed by atoms with E-state index in [4.69, 9.17) is 5.11 Å². The van der Waals surface area contributed by atoms with Crippen LogP contribution in [-0.4, -0.2) is 34.0 Å². The average molecular weight is 255 g/mol. The van der Waals surface area contributed by atoms with Crippen molar-refractivity contribution in [3.8, 4) is 0 Å². The summed E-state index contributed by atoms with van der Waals surface area (Å²) >= 11 is 1.76. The Morgan fingerprint density at radius 2 is 2.24 bits per heavy atom. The molecule has 96 valence electrons. The van der Waals surface area contributed by atoms with Crippen molar-refractivity contribution in [3.63, 3.8) is 0 Å². The first-order valence-corrected chi connectivity index (χ1v) is 7.18. The fourth-order valence-corrected chi connectivity index (χ4v) is 2.16. The largest absolute Gasteiger partial charge is 0.396 e. The van der Waals surface area contributed by atoms with Gasteiger partial charge < -0.3 is 10.4 Å². The Morgan fingerprint density at radius 3 is 2.94 bits per heavy atom. The van der Waals surface area contributed by atoms with Gasteiger partial charge in [0.15, 0.2) is 0 Å². The van der Waals surface area contributed by atoms with Crippen molar-refractivity contribution in [2.24, 2.45) is 0 Å². The maximum atomic E-state index is 8.69. The van der Waals surface area contributed by atoms with E-state index < -0.39 is 0 Å². The molecule has 17 heavy (non-hydrogen) atoms. The summed E-state index contributed by atoms with van der Waals surface area (Å²) in [6, 6.07) is 1.97. The van der Waals surface area contributed by atoms with Gasteiger partial charge in [0.2, 0.25) is 0 Å². The topological polar surface area (TPSA) is 58.0 Å². The highest BCUT2D eigenvalue weighted by atomic mass is 32.2. The molecule has 0 saturated carbocycles. The molecular formula is C12H21N3OS. The minimum Gasteiger partial charge on any atom is -0.396 e. The Hall–Kier alpha value is -0.810. The van der Waals surface area contributed by atoms with E-state index in [0.29, 0.717) is 0 Å². The molecule has 0 fully saturated rings. The second-order valence-electron chi connectivity index (χ2n) is 3.87. The first-order valence-electron chi connectivity index (χ1n) is 6.03. The number of nitrogens with one attached hydrogen (secondary N) is 1. The number of hydrogen-bond donors (Lipinski definition) is 2. The van der Waals surface area contributed by atoms with Crippen LogP contribution in [0.3, 0.4) is 0 Å². The second kappa shape index (κ2) is 8.31. The Bertz CT molecular complexity index is 334. The number of aliphatic hydroxyl groups excluding tert-OH is 1. The summed E-state index contributed by atoms with van der Waals surface area (Å²) in [5.74, 6) is 3.54. The zero-order valence-electron chi connectivity index (χ0n) is 10.6. The number of thioether (sulfide) groups is 1. The van der Waals surface area contributed by atoms with E-state index >= 15 is 0 Å². The van der Waals surface area contributed by atoms with E-state index in [2.05, 4.69) is 22.2 Å².